The highest BCUT2D eigenvalue weighted by atomic mass is 16.2. The van der Waals surface area contributed by atoms with Crippen LogP contribution in [0.2, 0.25) is 0 Å². The number of amides is 2. The summed E-state index contributed by atoms with van der Waals surface area (Å²) >= 11 is 0. The second-order valence-electron chi connectivity index (χ2n) is 6.76. The standard InChI is InChI=1S/C22H24N4O3/c1-2-15-26-22(29)18-13-7-6-12-17(18)20(25-26)21(28)24-23-19(27)14-8-11-16-9-4-3-5-10-16/h3-7,9-10,12-13H,2,8,11,14-15H2,1H3,(H,23,27)(H,24,28). The Kier molecular flexibility index (Phi) is 6.73. The van der Waals surface area contributed by atoms with E-state index < -0.39 is 5.91 Å². The molecule has 0 radical (unpaired) electrons. The van der Waals surface area contributed by atoms with E-state index in [1.54, 1.807) is 24.3 Å². The average molecular weight is 392 g/mol. The van der Waals surface area contributed by atoms with E-state index in [2.05, 4.69) is 16.0 Å². The molecule has 0 saturated carbocycles. The van der Waals surface area contributed by atoms with Crippen LogP contribution in [0.3, 0.4) is 0 Å². The Morgan fingerprint density at radius 3 is 2.38 bits per heavy atom. The number of fused-ring (bicyclic) bond motifs is 1. The van der Waals surface area contributed by atoms with Gasteiger partial charge in [-0.25, -0.2) is 4.68 Å². The highest BCUT2D eigenvalue weighted by Crippen LogP contribution is 2.13. The third kappa shape index (κ3) is 5.07. The molecule has 1 heterocycles. The number of aryl methyl sites for hydroxylation is 2. The molecule has 0 atom stereocenters. The second-order valence-corrected chi connectivity index (χ2v) is 6.76. The third-order valence-electron chi connectivity index (χ3n) is 4.55. The normalized spacial score (nSPS) is 10.7. The number of hydrogen-bond acceptors (Lipinski definition) is 4. The monoisotopic (exact) mass is 392 g/mol. The fourth-order valence-corrected chi connectivity index (χ4v) is 3.11. The molecule has 0 unspecified atom stereocenters. The zero-order valence-electron chi connectivity index (χ0n) is 16.4. The Morgan fingerprint density at radius 1 is 0.966 bits per heavy atom. The molecular weight excluding hydrogens is 368 g/mol. The number of rotatable bonds is 7. The fraction of sp³-hybridized carbons (Fsp3) is 0.273. The molecule has 0 aliphatic heterocycles. The van der Waals surface area contributed by atoms with E-state index in [0.29, 0.717) is 36.6 Å². The summed E-state index contributed by atoms with van der Waals surface area (Å²) in [7, 11) is 0. The first kappa shape index (κ1) is 20.3. The van der Waals surface area contributed by atoms with E-state index in [1.165, 1.54) is 4.68 Å². The lowest BCUT2D eigenvalue weighted by atomic mass is 10.1. The lowest BCUT2D eigenvalue weighted by Crippen LogP contribution is -2.42. The summed E-state index contributed by atoms with van der Waals surface area (Å²) in [6, 6.07) is 16.7. The molecule has 2 aromatic carbocycles. The van der Waals surface area contributed by atoms with Gasteiger partial charge in [-0.3, -0.25) is 25.2 Å². The first-order valence-electron chi connectivity index (χ1n) is 9.73. The number of nitrogens with zero attached hydrogens (tertiary/aromatic N) is 2. The van der Waals surface area contributed by atoms with Gasteiger partial charge < -0.3 is 0 Å². The van der Waals surface area contributed by atoms with E-state index in [4.69, 9.17) is 0 Å². The van der Waals surface area contributed by atoms with Gasteiger partial charge in [0, 0.05) is 18.4 Å². The lowest BCUT2D eigenvalue weighted by Gasteiger charge is -2.11. The molecule has 150 valence electrons. The molecule has 3 rings (SSSR count). The Hall–Kier alpha value is -3.48. The summed E-state index contributed by atoms with van der Waals surface area (Å²) in [6.07, 6.45) is 2.47. The van der Waals surface area contributed by atoms with Crippen LogP contribution >= 0.6 is 0 Å². The highest BCUT2D eigenvalue weighted by molar-refractivity contribution is 6.05. The van der Waals surface area contributed by atoms with Crippen LogP contribution in [-0.2, 0) is 17.8 Å². The molecule has 3 aromatic rings. The molecule has 2 amide bonds. The van der Waals surface area contributed by atoms with Crippen molar-refractivity contribution in [3.63, 3.8) is 0 Å². The van der Waals surface area contributed by atoms with Gasteiger partial charge in [0.05, 0.1) is 5.39 Å². The molecule has 0 aliphatic rings. The smallest absolute Gasteiger partial charge is 0.273 e. The van der Waals surface area contributed by atoms with Gasteiger partial charge in [-0.2, -0.15) is 5.10 Å². The number of hydrazine groups is 1. The predicted molar refractivity (Wildman–Crippen MR) is 111 cm³/mol. The van der Waals surface area contributed by atoms with Gasteiger partial charge in [-0.1, -0.05) is 55.5 Å². The van der Waals surface area contributed by atoms with Crippen molar-refractivity contribution in [1.82, 2.24) is 20.6 Å². The van der Waals surface area contributed by atoms with Crippen LogP contribution in [0.15, 0.2) is 59.4 Å². The Bertz CT molecular complexity index is 1060. The Balaban J connectivity index is 1.64. The van der Waals surface area contributed by atoms with Gasteiger partial charge in [0.2, 0.25) is 5.91 Å². The highest BCUT2D eigenvalue weighted by Gasteiger charge is 2.17. The van der Waals surface area contributed by atoms with Gasteiger partial charge in [-0.15, -0.1) is 0 Å². The maximum atomic E-state index is 12.6. The quantitative estimate of drug-likeness (QED) is 0.605. The lowest BCUT2D eigenvalue weighted by molar-refractivity contribution is -0.121. The van der Waals surface area contributed by atoms with Gasteiger partial charge in [0.25, 0.3) is 11.5 Å². The van der Waals surface area contributed by atoms with Crippen molar-refractivity contribution in [2.75, 3.05) is 0 Å². The maximum absolute atomic E-state index is 12.6. The van der Waals surface area contributed by atoms with Gasteiger partial charge in [-0.05, 0) is 30.9 Å². The first-order valence-corrected chi connectivity index (χ1v) is 9.73. The maximum Gasteiger partial charge on any atom is 0.290 e. The van der Waals surface area contributed by atoms with Crippen molar-refractivity contribution in [1.29, 1.82) is 0 Å². The zero-order valence-corrected chi connectivity index (χ0v) is 16.4. The predicted octanol–water partition coefficient (Wildman–Crippen LogP) is 2.59. The van der Waals surface area contributed by atoms with Crippen molar-refractivity contribution < 1.29 is 9.59 Å². The van der Waals surface area contributed by atoms with E-state index in [-0.39, 0.29) is 17.2 Å². The molecular formula is C22H24N4O3. The van der Waals surface area contributed by atoms with Gasteiger partial charge in [0.15, 0.2) is 5.69 Å². The van der Waals surface area contributed by atoms with Gasteiger partial charge in [0.1, 0.15) is 0 Å². The Morgan fingerprint density at radius 2 is 1.66 bits per heavy atom. The molecule has 0 bridgehead atoms. The van der Waals surface area contributed by atoms with Crippen molar-refractivity contribution in [3.05, 3.63) is 76.2 Å². The van der Waals surface area contributed by atoms with Crippen LogP contribution in [0.4, 0.5) is 0 Å². The van der Waals surface area contributed by atoms with Crippen LogP contribution < -0.4 is 16.4 Å². The van der Waals surface area contributed by atoms with Crippen LogP contribution in [-0.4, -0.2) is 21.6 Å². The van der Waals surface area contributed by atoms with Gasteiger partial charge >= 0.3 is 0 Å². The molecule has 7 heteroatoms. The van der Waals surface area contributed by atoms with Crippen LogP contribution in [0, 0.1) is 0 Å². The zero-order chi connectivity index (χ0) is 20.6. The molecule has 0 aliphatic carbocycles. The third-order valence-corrected chi connectivity index (χ3v) is 4.55. The number of hydrogen-bond donors (Lipinski definition) is 2. The van der Waals surface area contributed by atoms with E-state index >= 15 is 0 Å². The number of nitrogens with one attached hydrogen (secondary N) is 2. The fourth-order valence-electron chi connectivity index (χ4n) is 3.11. The summed E-state index contributed by atoms with van der Waals surface area (Å²) in [5.74, 6) is -0.831. The van der Waals surface area contributed by atoms with Crippen molar-refractivity contribution in [3.8, 4) is 0 Å². The van der Waals surface area contributed by atoms with Crippen LogP contribution in [0.25, 0.3) is 10.8 Å². The summed E-state index contributed by atoms with van der Waals surface area (Å²) < 4.78 is 1.29. The molecule has 0 saturated heterocycles. The Labute approximate surface area is 168 Å². The second kappa shape index (κ2) is 9.64. The molecule has 29 heavy (non-hydrogen) atoms. The molecule has 0 fully saturated rings. The number of benzene rings is 2. The number of aromatic nitrogens is 2. The minimum absolute atomic E-state index is 0.109. The van der Waals surface area contributed by atoms with E-state index in [9.17, 15) is 14.4 Å². The molecule has 1 aromatic heterocycles. The number of carbonyl (C=O) groups excluding carboxylic acids is 2. The average Bonchev–Trinajstić information content (AvgIpc) is 2.75. The summed E-state index contributed by atoms with van der Waals surface area (Å²) in [5, 5.41) is 5.10. The largest absolute Gasteiger partial charge is 0.290 e. The SMILES string of the molecule is CCCn1nc(C(=O)NNC(=O)CCCc2ccccc2)c2ccccc2c1=O. The van der Waals surface area contributed by atoms with E-state index in [0.717, 1.165) is 12.0 Å². The number of carbonyl (C=O) groups is 2. The van der Waals surface area contributed by atoms with E-state index in [1.807, 2.05) is 37.3 Å². The summed E-state index contributed by atoms with van der Waals surface area (Å²) in [4.78, 5) is 37.2. The first-order chi connectivity index (χ1) is 14.1. The summed E-state index contributed by atoms with van der Waals surface area (Å²) in [5.41, 5.74) is 5.89. The van der Waals surface area contributed by atoms with Crippen molar-refractivity contribution in [2.45, 2.75) is 39.2 Å². The summed E-state index contributed by atoms with van der Waals surface area (Å²) in [6.45, 7) is 2.34. The minimum Gasteiger partial charge on any atom is -0.273 e. The molecule has 7 nitrogen and oxygen atoms in total. The molecule has 0 spiro atoms. The topological polar surface area (TPSA) is 93.1 Å². The molecule has 2 N–H and O–H groups in total. The van der Waals surface area contributed by atoms with Crippen LogP contribution in [0.1, 0.15) is 42.2 Å². The van der Waals surface area contributed by atoms with Crippen molar-refractivity contribution >= 4 is 22.6 Å². The van der Waals surface area contributed by atoms with Crippen molar-refractivity contribution in [2.24, 2.45) is 0 Å². The minimum atomic E-state index is -0.553. The van der Waals surface area contributed by atoms with Crippen LogP contribution in [0.5, 0.6) is 0 Å².